The molecule has 1 rings (SSSR count). The van der Waals surface area contributed by atoms with Gasteiger partial charge in [-0.15, -0.1) is 0 Å². The molecular weight excluding hydrogens is 340 g/mol. The Kier molecular flexibility index (Phi) is 7.92. The van der Waals surface area contributed by atoms with Crippen LogP contribution in [0.25, 0.3) is 10.4 Å². The number of carbonyl (C=O) groups excluding carboxylic acids is 1. The van der Waals surface area contributed by atoms with Gasteiger partial charge < -0.3 is 19.9 Å². The van der Waals surface area contributed by atoms with Crippen molar-refractivity contribution in [2.45, 2.75) is 83.8 Å². The fourth-order valence-electron chi connectivity index (χ4n) is 2.73. The zero-order chi connectivity index (χ0) is 19.9. The Morgan fingerprint density at radius 3 is 2.50 bits per heavy atom. The molecular formula is C17H28N4O5. The summed E-state index contributed by atoms with van der Waals surface area (Å²) in [7, 11) is 0. The van der Waals surface area contributed by atoms with Crippen LogP contribution in [-0.2, 0) is 14.3 Å². The lowest BCUT2D eigenvalue weighted by Crippen LogP contribution is -2.54. The number of carboxylic acid groups (broad SMARTS) is 1. The van der Waals surface area contributed by atoms with Crippen molar-refractivity contribution in [2.24, 2.45) is 5.11 Å². The number of azide groups is 1. The first-order chi connectivity index (χ1) is 12.1. The lowest BCUT2D eigenvalue weighted by molar-refractivity contribution is -0.133. The van der Waals surface area contributed by atoms with E-state index in [0.29, 0.717) is 0 Å². The van der Waals surface area contributed by atoms with E-state index in [-0.39, 0.29) is 18.1 Å². The van der Waals surface area contributed by atoms with Crippen LogP contribution >= 0.6 is 0 Å². The number of nitrogens with one attached hydrogen (secondary N) is 1. The Hall–Kier alpha value is -2.25. The van der Waals surface area contributed by atoms with Gasteiger partial charge in [0.05, 0.1) is 24.3 Å². The summed E-state index contributed by atoms with van der Waals surface area (Å²) < 4.78 is 11.3. The third-order valence-electron chi connectivity index (χ3n) is 3.98. The predicted octanol–water partition coefficient (Wildman–Crippen LogP) is 3.55. The van der Waals surface area contributed by atoms with Crippen LogP contribution in [0, 0.1) is 0 Å². The molecule has 1 aliphatic carbocycles. The highest BCUT2D eigenvalue weighted by atomic mass is 16.6. The fourth-order valence-corrected chi connectivity index (χ4v) is 2.73. The number of carbonyl (C=O) groups is 2. The number of hydrogen-bond donors (Lipinski definition) is 2. The smallest absolute Gasteiger partial charge is 0.407 e. The molecule has 9 nitrogen and oxygen atoms in total. The Morgan fingerprint density at radius 2 is 2.04 bits per heavy atom. The van der Waals surface area contributed by atoms with Crippen molar-refractivity contribution in [3.8, 4) is 0 Å². The van der Waals surface area contributed by atoms with E-state index < -0.39 is 35.9 Å². The molecule has 1 aliphatic rings. The normalized spacial score (nSPS) is 23.0. The number of ether oxygens (including phenoxy) is 2. The number of rotatable bonds is 7. The number of aliphatic carboxylic acids is 1. The third kappa shape index (κ3) is 6.57. The van der Waals surface area contributed by atoms with Crippen molar-refractivity contribution in [1.82, 2.24) is 5.32 Å². The molecule has 2 N–H and O–H groups in total. The monoisotopic (exact) mass is 368 g/mol. The van der Waals surface area contributed by atoms with Gasteiger partial charge in [-0.25, -0.2) is 9.59 Å². The molecule has 3 atom stereocenters. The number of alkyl carbamates (subject to hydrolysis) is 1. The van der Waals surface area contributed by atoms with Crippen molar-refractivity contribution in [2.75, 3.05) is 0 Å². The van der Waals surface area contributed by atoms with Gasteiger partial charge in [-0.05, 0) is 51.6 Å². The molecule has 0 aromatic rings. The molecule has 0 saturated carbocycles. The highest BCUT2D eigenvalue weighted by Crippen LogP contribution is 2.27. The summed E-state index contributed by atoms with van der Waals surface area (Å²) in [6, 6.07) is -1.51. The number of amides is 1. The molecule has 0 unspecified atom stereocenters. The lowest BCUT2D eigenvalue weighted by Gasteiger charge is -2.36. The van der Waals surface area contributed by atoms with Crippen LogP contribution in [0.2, 0.25) is 0 Å². The van der Waals surface area contributed by atoms with Gasteiger partial charge in [0.25, 0.3) is 0 Å². The minimum atomic E-state index is -1.10. The zero-order valence-corrected chi connectivity index (χ0v) is 15.9. The average Bonchev–Trinajstić information content (AvgIpc) is 2.53. The number of carboxylic acids is 1. The highest BCUT2D eigenvalue weighted by molar-refractivity contribution is 5.87. The van der Waals surface area contributed by atoms with Crippen LogP contribution in [0.15, 0.2) is 16.8 Å². The zero-order valence-electron chi connectivity index (χ0n) is 15.9. The first kappa shape index (κ1) is 21.8. The predicted molar refractivity (Wildman–Crippen MR) is 95.7 cm³/mol. The molecule has 0 bridgehead atoms. The maximum atomic E-state index is 12.2. The van der Waals surface area contributed by atoms with Gasteiger partial charge in [0, 0.05) is 10.5 Å². The Morgan fingerprint density at radius 1 is 1.42 bits per heavy atom. The van der Waals surface area contributed by atoms with E-state index >= 15 is 0 Å². The molecule has 0 saturated heterocycles. The average molecular weight is 368 g/mol. The maximum Gasteiger partial charge on any atom is 0.407 e. The van der Waals surface area contributed by atoms with Crippen LogP contribution in [-0.4, -0.2) is 47.1 Å². The summed E-state index contributed by atoms with van der Waals surface area (Å²) in [4.78, 5) is 26.4. The van der Waals surface area contributed by atoms with Crippen molar-refractivity contribution in [3.63, 3.8) is 0 Å². The van der Waals surface area contributed by atoms with Gasteiger partial charge in [0.2, 0.25) is 0 Å². The van der Waals surface area contributed by atoms with Gasteiger partial charge in [-0.2, -0.15) is 0 Å². The second-order valence-corrected chi connectivity index (χ2v) is 7.18. The van der Waals surface area contributed by atoms with Gasteiger partial charge in [0.15, 0.2) is 0 Å². The summed E-state index contributed by atoms with van der Waals surface area (Å²) in [6.45, 7) is 9.12. The molecule has 0 heterocycles. The first-order valence-electron chi connectivity index (χ1n) is 8.74. The maximum absolute atomic E-state index is 12.2. The van der Waals surface area contributed by atoms with Crippen LogP contribution in [0.3, 0.4) is 0 Å². The Labute approximate surface area is 153 Å². The van der Waals surface area contributed by atoms with E-state index in [4.69, 9.17) is 15.0 Å². The van der Waals surface area contributed by atoms with E-state index in [1.807, 2.05) is 13.8 Å². The topological polar surface area (TPSA) is 134 Å². The van der Waals surface area contributed by atoms with Crippen LogP contribution in [0.1, 0.15) is 53.9 Å². The SMILES string of the molecule is CCC(CC)O[C@@H]1C=C(C(=O)O)C[C@H](N=[N+]=[N-])[C@H]1NC(=O)OC(C)(C)C. The van der Waals surface area contributed by atoms with Gasteiger partial charge in [0.1, 0.15) is 5.60 Å². The van der Waals surface area contributed by atoms with E-state index in [1.165, 1.54) is 6.08 Å². The summed E-state index contributed by atoms with van der Waals surface area (Å²) in [5.41, 5.74) is 8.25. The summed E-state index contributed by atoms with van der Waals surface area (Å²) in [5.74, 6) is -1.10. The van der Waals surface area contributed by atoms with Gasteiger partial charge in [-0.3, -0.25) is 0 Å². The number of nitrogens with zero attached hydrogens (tertiary/aromatic N) is 3. The summed E-state index contributed by atoms with van der Waals surface area (Å²) in [5, 5.41) is 15.7. The lowest BCUT2D eigenvalue weighted by atomic mass is 9.88. The Bertz CT molecular complexity index is 588. The standard InChI is InChI=1S/C17H28N4O5/c1-6-11(7-2)25-13-9-10(15(22)23)8-12(20-21-18)14(13)19-16(24)26-17(3,4)5/h9,11-14H,6-8H2,1-5H3,(H,19,24)(H,22,23)/t12-,13+,14+/m0/s1. The van der Waals surface area contributed by atoms with E-state index in [9.17, 15) is 14.7 Å². The van der Waals surface area contributed by atoms with E-state index in [0.717, 1.165) is 12.8 Å². The molecule has 0 fully saturated rings. The molecule has 0 radical (unpaired) electrons. The molecule has 0 aromatic heterocycles. The second kappa shape index (κ2) is 9.45. The minimum Gasteiger partial charge on any atom is -0.478 e. The quantitative estimate of drug-likeness (QED) is 0.402. The van der Waals surface area contributed by atoms with Crippen LogP contribution in [0.5, 0.6) is 0 Å². The van der Waals surface area contributed by atoms with Crippen LogP contribution in [0.4, 0.5) is 4.79 Å². The van der Waals surface area contributed by atoms with E-state index in [2.05, 4.69) is 15.3 Å². The largest absolute Gasteiger partial charge is 0.478 e. The number of hydrogen-bond acceptors (Lipinski definition) is 5. The van der Waals surface area contributed by atoms with Crippen molar-refractivity contribution < 1.29 is 24.2 Å². The molecule has 1 amide bonds. The van der Waals surface area contributed by atoms with E-state index in [1.54, 1.807) is 20.8 Å². The molecule has 0 spiro atoms. The molecule has 9 heteroatoms. The molecule has 146 valence electrons. The van der Waals surface area contributed by atoms with Crippen molar-refractivity contribution in [3.05, 3.63) is 22.1 Å². The van der Waals surface area contributed by atoms with Crippen molar-refractivity contribution >= 4 is 12.1 Å². The minimum absolute atomic E-state index is 0.00261. The van der Waals surface area contributed by atoms with Gasteiger partial charge in [-0.1, -0.05) is 19.0 Å². The molecule has 0 aliphatic heterocycles. The fraction of sp³-hybridized carbons (Fsp3) is 0.765. The first-order valence-corrected chi connectivity index (χ1v) is 8.74. The second-order valence-electron chi connectivity index (χ2n) is 7.18. The summed E-state index contributed by atoms with van der Waals surface area (Å²) >= 11 is 0. The molecule has 26 heavy (non-hydrogen) atoms. The van der Waals surface area contributed by atoms with Crippen LogP contribution < -0.4 is 5.32 Å². The Balaban J connectivity index is 3.15. The molecule has 0 aromatic carbocycles. The summed E-state index contributed by atoms with van der Waals surface area (Å²) in [6.07, 6.45) is 1.42. The highest BCUT2D eigenvalue weighted by Gasteiger charge is 2.38. The third-order valence-corrected chi connectivity index (χ3v) is 3.98. The van der Waals surface area contributed by atoms with Crippen molar-refractivity contribution in [1.29, 1.82) is 0 Å². The van der Waals surface area contributed by atoms with Gasteiger partial charge >= 0.3 is 12.1 Å².